The Bertz CT molecular complexity index is 331. The van der Waals surface area contributed by atoms with Crippen molar-refractivity contribution in [3.8, 4) is 0 Å². The van der Waals surface area contributed by atoms with Gasteiger partial charge in [0.05, 0.1) is 0 Å². The average Bonchev–Trinajstić information content (AvgIpc) is 2.69. The Morgan fingerprint density at radius 2 is 1.36 bits per heavy atom. The molecule has 0 spiro atoms. The van der Waals surface area contributed by atoms with Crippen LogP contribution in [0.15, 0.2) is 12.2 Å². The summed E-state index contributed by atoms with van der Waals surface area (Å²) < 4.78 is 48.9. The molecule has 1 aliphatic carbocycles. The first-order valence-electron chi connectivity index (χ1n) is 5.09. The van der Waals surface area contributed by atoms with Crippen molar-refractivity contribution in [2.45, 2.75) is 18.9 Å². The van der Waals surface area contributed by atoms with Gasteiger partial charge in [-0.05, 0) is 0 Å². The number of hydrogen-bond acceptors (Lipinski definition) is 2. The van der Waals surface area contributed by atoms with E-state index in [1.165, 1.54) is 0 Å². The van der Waals surface area contributed by atoms with Gasteiger partial charge < -0.3 is 0 Å². The number of hydrogen-bond donors (Lipinski definition) is 0. The molecule has 0 saturated heterocycles. The van der Waals surface area contributed by atoms with Gasteiger partial charge in [-0.25, -0.2) is 0 Å². The van der Waals surface area contributed by atoms with Gasteiger partial charge in [0.2, 0.25) is 0 Å². The molecule has 8 heteroatoms. The monoisotopic (exact) mass is 346 g/mol. The summed E-state index contributed by atoms with van der Waals surface area (Å²) in [5.74, 6) is 0.380. The molecule has 0 heterocycles. The molecule has 22 heavy (non-hydrogen) atoms. The molecule has 1 rings (SSSR count). The van der Waals surface area contributed by atoms with Gasteiger partial charge in [-0.15, -0.1) is 0 Å². The third kappa shape index (κ3) is 18.8. The van der Waals surface area contributed by atoms with Gasteiger partial charge in [-0.3, -0.25) is 0 Å². The average molecular weight is 346 g/mol. The van der Waals surface area contributed by atoms with E-state index in [0.29, 0.717) is 5.92 Å². The first-order valence-corrected chi connectivity index (χ1v) is 5.72. The molecule has 7 nitrogen and oxygen atoms in total. The molecule has 0 N–H and O–H groups in total. The summed E-state index contributed by atoms with van der Waals surface area (Å²) in [5.41, 5.74) is 0. The Labute approximate surface area is 138 Å². The Morgan fingerprint density at radius 1 is 0.955 bits per heavy atom. The first-order chi connectivity index (χ1) is 10.8. The fourth-order valence-electron chi connectivity index (χ4n) is 1.45. The second-order valence-electron chi connectivity index (χ2n) is 2.84. The molecule has 0 unspecified atom stereocenters. The van der Waals surface area contributed by atoms with Crippen molar-refractivity contribution >= 4 is 4.57 Å². The molecule has 0 aromatic rings. The van der Waals surface area contributed by atoms with Crippen LogP contribution in [-0.2, 0) is 48.6 Å². The van der Waals surface area contributed by atoms with Crippen molar-refractivity contribution in [1.82, 2.24) is 0 Å². The van der Waals surface area contributed by atoms with E-state index in [1.54, 1.807) is 14.2 Å². The Morgan fingerprint density at radius 3 is 1.68 bits per heavy atom. The Hall–Kier alpha value is -1.24. The number of ether oxygens (including phenoxy) is 2. The molecule has 1 aliphatic rings. The summed E-state index contributed by atoms with van der Waals surface area (Å²) >= 11 is 2.94. The van der Waals surface area contributed by atoms with Crippen molar-refractivity contribution < 1.29 is 48.6 Å². The quantitative estimate of drug-likeness (QED) is 0.432. The number of methoxy groups -OCH3 is 2. The number of allylic oxidation sites excluding steroid dienone is 1. The zero-order valence-corrected chi connectivity index (χ0v) is 13.3. The summed E-state index contributed by atoms with van der Waals surface area (Å²) in [5, 5.41) is 0. The number of rotatable bonds is 3. The zero-order valence-electron chi connectivity index (χ0n) is 12.0. The second-order valence-corrected chi connectivity index (χ2v) is 3.46. The maximum absolute atomic E-state index is 7.50. The Kier molecular flexibility index (Phi) is 54.5. The summed E-state index contributed by atoms with van der Waals surface area (Å²) in [6, 6.07) is 0. The third-order valence-corrected chi connectivity index (χ3v) is 2.88. The fourth-order valence-corrected chi connectivity index (χ4v) is 1.84. The van der Waals surface area contributed by atoms with Gasteiger partial charge in [-0.1, -0.05) is 0 Å². The van der Waals surface area contributed by atoms with Crippen LogP contribution in [0.5, 0.6) is 0 Å². The molecule has 0 aromatic carbocycles. The molecule has 0 saturated carbocycles. The van der Waals surface area contributed by atoms with E-state index < -0.39 is 0 Å². The van der Waals surface area contributed by atoms with Crippen LogP contribution in [0, 0.1) is 39.2 Å². The van der Waals surface area contributed by atoms with E-state index in [0.717, 1.165) is 17.4 Å². The van der Waals surface area contributed by atoms with E-state index in [9.17, 15) is 0 Å². The minimum absolute atomic E-state index is 0.176. The van der Waals surface area contributed by atoms with Crippen LogP contribution >= 0.6 is 0 Å². The summed E-state index contributed by atoms with van der Waals surface area (Å²) in [7, 11) is 3.42. The third-order valence-electron chi connectivity index (χ3n) is 2.14. The SMILES string of the molecule is CO[C](=[Cr])[C@@H]1CCC=C[C@@H]1OC.[C-]#[O+].[C-]#[O+].[C-]#[O+].[C-]#[O+].[C-]#[O+]. The van der Waals surface area contributed by atoms with Gasteiger partial charge >= 0.3 is 138 Å². The van der Waals surface area contributed by atoms with Crippen LogP contribution in [0.4, 0.5) is 0 Å². The minimum atomic E-state index is 0.176. The second kappa shape index (κ2) is 36.7. The standard InChI is InChI=1S/C9H14O2.5CO.Cr/c1-10-7-8-5-3-4-6-9(8)11-2;5*1-2;/h4,6,8-9H,3,5H2,1-2H3;;;;;;/t8-,9-;;;;;;/m0....../s1. The first kappa shape index (κ1) is 32.6. The molecule has 0 radical (unpaired) electrons. The van der Waals surface area contributed by atoms with Gasteiger partial charge in [0.1, 0.15) is 0 Å². The van der Waals surface area contributed by atoms with E-state index in [2.05, 4.69) is 61.3 Å². The van der Waals surface area contributed by atoms with E-state index >= 15 is 0 Å². The van der Waals surface area contributed by atoms with Gasteiger partial charge in [0.15, 0.2) is 0 Å². The Balaban J connectivity index is -0.0000000822. The van der Waals surface area contributed by atoms with Crippen LogP contribution in [-0.4, -0.2) is 24.9 Å². The van der Waals surface area contributed by atoms with E-state index in [-0.39, 0.29) is 6.10 Å². The predicted octanol–water partition coefficient (Wildman–Crippen LogP) is 1.10. The molecular formula is C14H14CrO7. The molecule has 0 amide bonds. The van der Waals surface area contributed by atoms with Crippen molar-refractivity contribution in [2.24, 2.45) is 5.92 Å². The van der Waals surface area contributed by atoms with Crippen LogP contribution in [0.2, 0.25) is 0 Å². The van der Waals surface area contributed by atoms with Gasteiger partial charge in [0, 0.05) is 0 Å². The van der Waals surface area contributed by atoms with Crippen LogP contribution in [0.25, 0.3) is 0 Å². The maximum atomic E-state index is 7.50. The molecular weight excluding hydrogens is 332 g/mol. The fraction of sp³-hybridized carbons (Fsp3) is 0.429. The molecule has 0 fully saturated rings. The predicted molar refractivity (Wildman–Crippen MR) is 64.3 cm³/mol. The zero-order chi connectivity index (χ0) is 19.0. The van der Waals surface area contributed by atoms with Crippen molar-refractivity contribution in [2.75, 3.05) is 14.2 Å². The summed E-state index contributed by atoms with van der Waals surface area (Å²) in [4.78, 5) is 0. The van der Waals surface area contributed by atoms with E-state index in [4.69, 9.17) is 32.7 Å². The van der Waals surface area contributed by atoms with E-state index in [1.807, 2.05) is 0 Å². The van der Waals surface area contributed by atoms with Gasteiger partial charge in [-0.2, -0.15) is 0 Å². The summed E-state index contributed by atoms with van der Waals surface area (Å²) in [6.45, 7) is 22.5. The van der Waals surface area contributed by atoms with Crippen molar-refractivity contribution in [3.05, 3.63) is 45.4 Å². The van der Waals surface area contributed by atoms with Crippen molar-refractivity contribution in [1.29, 1.82) is 0 Å². The van der Waals surface area contributed by atoms with Crippen molar-refractivity contribution in [3.63, 3.8) is 0 Å². The topological polar surface area (TPSA) is 118 Å². The molecule has 118 valence electrons. The summed E-state index contributed by atoms with van der Waals surface area (Å²) in [6.07, 6.45) is 6.65. The van der Waals surface area contributed by atoms with Crippen LogP contribution < -0.4 is 0 Å². The molecule has 0 aromatic heterocycles. The normalized spacial score (nSPS) is 16.2. The molecule has 0 aliphatic heterocycles. The molecule has 2 atom stereocenters. The van der Waals surface area contributed by atoms with Crippen LogP contribution in [0.1, 0.15) is 12.8 Å². The molecule has 0 bridgehead atoms. The van der Waals surface area contributed by atoms with Crippen LogP contribution in [0.3, 0.4) is 0 Å². The van der Waals surface area contributed by atoms with Gasteiger partial charge in [0.25, 0.3) is 0 Å².